The zero-order chi connectivity index (χ0) is 20.5. The second-order valence-corrected chi connectivity index (χ2v) is 9.02. The van der Waals surface area contributed by atoms with E-state index >= 15 is 0 Å². The molecular formula is C22H20ClN3O4. The number of rotatable bonds is 0. The topological polar surface area (TPSA) is 81.1 Å². The predicted molar refractivity (Wildman–Crippen MR) is 108 cm³/mol. The number of hydrogen-bond acceptors (Lipinski definition) is 7. The molecule has 0 radical (unpaired) electrons. The van der Waals surface area contributed by atoms with Crippen molar-refractivity contribution in [1.82, 2.24) is 9.88 Å². The molecule has 1 unspecified atom stereocenters. The van der Waals surface area contributed by atoms with Gasteiger partial charge in [0, 0.05) is 62.5 Å². The zero-order valence-electron chi connectivity index (χ0n) is 16.3. The summed E-state index contributed by atoms with van der Waals surface area (Å²) in [6.07, 6.45) is 8.55. The number of fused-ring (bicyclic) bond motifs is 2. The lowest BCUT2D eigenvalue weighted by molar-refractivity contribution is -0.115. The number of amidine groups is 1. The number of nitrogens with zero attached hydrogens (tertiary/aromatic N) is 3. The molecule has 2 aliphatic carbocycles. The fourth-order valence-corrected chi connectivity index (χ4v) is 5.70. The summed E-state index contributed by atoms with van der Waals surface area (Å²) in [6, 6.07) is 2.30. The maximum atomic E-state index is 12.3. The van der Waals surface area contributed by atoms with E-state index < -0.39 is 11.2 Å². The average Bonchev–Trinajstić information content (AvgIpc) is 3.39. The van der Waals surface area contributed by atoms with Crippen molar-refractivity contribution in [3.8, 4) is 0 Å². The van der Waals surface area contributed by atoms with E-state index in [1.807, 2.05) is 6.08 Å². The fourth-order valence-electron chi connectivity index (χ4n) is 5.37. The maximum Gasteiger partial charge on any atom is 0.339 e. The van der Waals surface area contributed by atoms with Crippen molar-refractivity contribution < 1.29 is 19.1 Å². The first-order valence-electron chi connectivity index (χ1n) is 10.3. The molecule has 6 rings (SSSR count). The molecule has 7 nitrogen and oxygen atoms in total. The Bertz CT molecular complexity index is 1080. The number of ketones is 1. The van der Waals surface area contributed by atoms with E-state index in [9.17, 15) is 9.59 Å². The van der Waals surface area contributed by atoms with Crippen LogP contribution in [0.1, 0.15) is 48.0 Å². The van der Waals surface area contributed by atoms with Crippen molar-refractivity contribution in [1.29, 1.82) is 0 Å². The third-order valence-electron chi connectivity index (χ3n) is 6.88. The SMILES string of the molecule is O=C1CC=CC2=C1CC1(CN=C(N3CCC4(CC3)OC(=O)c3ccnc(Cl)c34)O1)C2. The van der Waals surface area contributed by atoms with Crippen LogP contribution in [-0.2, 0) is 19.9 Å². The number of esters is 1. The Morgan fingerprint density at radius 3 is 2.77 bits per heavy atom. The van der Waals surface area contributed by atoms with Gasteiger partial charge in [-0.2, -0.15) is 0 Å². The van der Waals surface area contributed by atoms with Crippen molar-refractivity contribution in [2.75, 3.05) is 19.6 Å². The van der Waals surface area contributed by atoms with Crippen molar-refractivity contribution in [3.05, 3.63) is 51.8 Å². The van der Waals surface area contributed by atoms with Crippen molar-refractivity contribution in [2.45, 2.75) is 43.3 Å². The molecule has 0 saturated carbocycles. The second-order valence-electron chi connectivity index (χ2n) is 8.67. The number of aliphatic imine (C=N–C) groups is 1. The van der Waals surface area contributed by atoms with Gasteiger partial charge in [-0.1, -0.05) is 23.8 Å². The van der Waals surface area contributed by atoms with Gasteiger partial charge in [-0.3, -0.25) is 4.79 Å². The van der Waals surface area contributed by atoms with Gasteiger partial charge in [-0.05, 0) is 11.6 Å². The first kappa shape index (κ1) is 18.1. The van der Waals surface area contributed by atoms with E-state index in [0.29, 0.717) is 67.6 Å². The first-order valence-corrected chi connectivity index (χ1v) is 10.7. The lowest BCUT2D eigenvalue weighted by Crippen LogP contribution is -2.46. The molecule has 5 aliphatic rings. The van der Waals surface area contributed by atoms with Crippen LogP contribution >= 0.6 is 11.6 Å². The van der Waals surface area contributed by atoms with Gasteiger partial charge < -0.3 is 14.4 Å². The molecule has 1 aromatic heterocycles. The summed E-state index contributed by atoms with van der Waals surface area (Å²) in [5.74, 6) is -0.134. The molecule has 1 saturated heterocycles. The van der Waals surface area contributed by atoms with Gasteiger partial charge >= 0.3 is 5.97 Å². The number of carbonyl (C=O) groups excluding carboxylic acids is 2. The average molecular weight is 426 g/mol. The number of carbonyl (C=O) groups is 2. The van der Waals surface area contributed by atoms with Crippen molar-refractivity contribution >= 4 is 29.4 Å². The zero-order valence-corrected chi connectivity index (χ0v) is 17.1. The number of allylic oxidation sites excluding steroid dienone is 2. The number of ether oxygens (including phenoxy) is 2. The molecule has 1 fully saturated rings. The monoisotopic (exact) mass is 425 g/mol. The van der Waals surface area contributed by atoms with Crippen LogP contribution in [-0.4, -0.2) is 52.9 Å². The standard InChI is InChI=1S/C22H20ClN3O4/c23-18-17-14(4-7-24-18)19(28)29-22(17)5-8-26(9-6-22)20-25-12-21(30-20)10-13-2-1-3-16(27)15(13)11-21/h1-2,4,7H,3,5-6,8-12H2. The Hall–Kier alpha value is -2.67. The van der Waals surface area contributed by atoms with Gasteiger partial charge in [0.1, 0.15) is 16.4 Å². The molecule has 30 heavy (non-hydrogen) atoms. The molecule has 1 atom stereocenters. The van der Waals surface area contributed by atoms with Crippen LogP contribution in [0.25, 0.3) is 0 Å². The Morgan fingerprint density at radius 1 is 1.13 bits per heavy atom. The Labute approximate surface area is 178 Å². The van der Waals surface area contributed by atoms with Crippen LogP contribution in [0, 0.1) is 0 Å². The second kappa shape index (κ2) is 6.17. The van der Waals surface area contributed by atoms with Crippen LogP contribution in [0.15, 0.2) is 40.6 Å². The number of hydrogen-bond donors (Lipinski definition) is 0. The van der Waals surface area contributed by atoms with E-state index in [1.54, 1.807) is 6.07 Å². The summed E-state index contributed by atoms with van der Waals surface area (Å²) >= 11 is 6.33. The first-order chi connectivity index (χ1) is 14.5. The predicted octanol–water partition coefficient (Wildman–Crippen LogP) is 2.94. The molecule has 8 heteroatoms. The molecule has 3 aliphatic heterocycles. The molecule has 1 aromatic rings. The summed E-state index contributed by atoms with van der Waals surface area (Å²) in [7, 11) is 0. The number of Topliss-reactive ketones (excluding diaryl/α,β-unsaturated/α-hetero) is 1. The highest BCUT2D eigenvalue weighted by Crippen LogP contribution is 2.48. The minimum atomic E-state index is -0.726. The highest BCUT2D eigenvalue weighted by atomic mass is 35.5. The molecule has 0 aromatic carbocycles. The number of pyridine rings is 1. The lowest BCUT2D eigenvalue weighted by Gasteiger charge is -2.39. The van der Waals surface area contributed by atoms with Crippen LogP contribution in [0.4, 0.5) is 0 Å². The minimum Gasteiger partial charge on any atom is -0.456 e. The minimum absolute atomic E-state index is 0.202. The molecule has 154 valence electrons. The number of halogens is 1. The van der Waals surface area contributed by atoms with Crippen LogP contribution < -0.4 is 0 Å². The normalized spacial score (nSPS) is 28.7. The Morgan fingerprint density at radius 2 is 1.97 bits per heavy atom. The summed E-state index contributed by atoms with van der Waals surface area (Å²) < 4.78 is 12.2. The largest absolute Gasteiger partial charge is 0.456 e. The van der Waals surface area contributed by atoms with Gasteiger partial charge in [-0.25, -0.2) is 14.8 Å². The quantitative estimate of drug-likeness (QED) is 0.469. The highest BCUT2D eigenvalue weighted by Gasteiger charge is 2.51. The van der Waals surface area contributed by atoms with Gasteiger partial charge in [0.25, 0.3) is 6.02 Å². The molecule has 0 amide bonds. The van der Waals surface area contributed by atoms with Crippen LogP contribution in [0.5, 0.6) is 0 Å². The van der Waals surface area contributed by atoms with Crippen LogP contribution in [0.2, 0.25) is 5.15 Å². The number of likely N-dealkylation sites (tertiary alicyclic amines) is 1. The molecular weight excluding hydrogens is 406 g/mol. The fraction of sp³-hybridized carbons (Fsp3) is 0.455. The summed E-state index contributed by atoms with van der Waals surface area (Å²) in [5, 5.41) is 0.334. The van der Waals surface area contributed by atoms with E-state index in [2.05, 4.69) is 21.0 Å². The summed E-state index contributed by atoms with van der Waals surface area (Å²) in [6.45, 7) is 1.84. The van der Waals surface area contributed by atoms with Gasteiger partial charge in [-0.15, -0.1) is 0 Å². The van der Waals surface area contributed by atoms with Gasteiger partial charge in [0.05, 0.1) is 12.1 Å². The Balaban J connectivity index is 1.17. The number of piperidine rings is 1. The third kappa shape index (κ3) is 2.51. The van der Waals surface area contributed by atoms with Gasteiger partial charge in [0.2, 0.25) is 0 Å². The molecule has 0 N–H and O–H groups in total. The van der Waals surface area contributed by atoms with Crippen molar-refractivity contribution in [3.63, 3.8) is 0 Å². The maximum absolute atomic E-state index is 12.3. The van der Waals surface area contributed by atoms with Crippen LogP contribution in [0.3, 0.4) is 0 Å². The molecule has 0 bridgehead atoms. The summed E-state index contributed by atoms with van der Waals surface area (Å²) in [4.78, 5) is 35.5. The smallest absolute Gasteiger partial charge is 0.339 e. The molecule has 2 spiro atoms. The third-order valence-corrected chi connectivity index (χ3v) is 7.16. The van der Waals surface area contributed by atoms with E-state index in [0.717, 1.165) is 17.6 Å². The van der Waals surface area contributed by atoms with E-state index in [1.165, 1.54) is 6.20 Å². The van der Waals surface area contributed by atoms with Gasteiger partial charge in [0.15, 0.2) is 5.78 Å². The number of aromatic nitrogens is 1. The Kier molecular flexibility index (Phi) is 3.73. The summed E-state index contributed by atoms with van der Waals surface area (Å²) in [5.41, 5.74) is 2.06. The van der Waals surface area contributed by atoms with E-state index in [4.69, 9.17) is 21.1 Å². The lowest BCUT2D eigenvalue weighted by atomic mass is 9.85. The van der Waals surface area contributed by atoms with E-state index in [-0.39, 0.29) is 11.8 Å². The molecule has 4 heterocycles. The highest BCUT2D eigenvalue weighted by molar-refractivity contribution is 6.31. The van der Waals surface area contributed by atoms with Crippen molar-refractivity contribution in [2.24, 2.45) is 4.99 Å².